The van der Waals surface area contributed by atoms with Gasteiger partial charge < -0.3 is 5.32 Å². The van der Waals surface area contributed by atoms with Crippen LogP contribution in [0.3, 0.4) is 0 Å². The molecule has 0 aliphatic rings. The molecular formula is C19H27N2P. The summed E-state index contributed by atoms with van der Waals surface area (Å²) in [7, 11) is 0.643. The monoisotopic (exact) mass is 314 g/mol. The summed E-state index contributed by atoms with van der Waals surface area (Å²) in [6.45, 7) is 4.52. The highest BCUT2D eigenvalue weighted by molar-refractivity contribution is 7.45. The fraction of sp³-hybridized carbons (Fsp3) is 0.368. The van der Waals surface area contributed by atoms with E-state index in [1.54, 1.807) is 0 Å². The van der Waals surface area contributed by atoms with E-state index in [1.165, 1.54) is 36.7 Å². The lowest BCUT2D eigenvalue weighted by Gasteiger charge is -2.19. The number of hydrogen-bond donors (Lipinski definition) is 2. The molecule has 2 N–H and O–H groups in total. The van der Waals surface area contributed by atoms with Gasteiger partial charge in [-0.05, 0) is 39.8 Å². The number of rotatable bonds is 9. The first-order valence-electron chi connectivity index (χ1n) is 8.26. The van der Waals surface area contributed by atoms with Gasteiger partial charge in [-0.25, -0.2) is 0 Å². The summed E-state index contributed by atoms with van der Waals surface area (Å²) in [5.74, 6) is 0. The summed E-state index contributed by atoms with van der Waals surface area (Å²) in [5.41, 5.74) is 2.34. The maximum Gasteiger partial charge on any atom is 0.0472 e. The van der Waals surface area contributed by atoms with Crippen LogP contribution in [0.15, 0.2) is 54.6 Å². The van der Waals surface area contributed by atoms with Crippen molar-refractivity contribution in [3.8, 4) is 0 Å². The van der Waals surface area contributed by atoms with Crippen LogP contribution in [0.4, 0.5) is 11.4 Å². The van der Waals surface area contributed by atoms with Gasteiger partial charge in [0.15, 0.2) is 0 Å². The first-order valence-corrected chi connectivity index (χ1v) is 9.26. The number of benzene rings is 2. The summed E-state index contributed by atoms with van der Waals surface area (Å²) in [5, 5.41) is 8.63. The minimum absolute atomic E-state index is 0.637. The van der Waals surface area contributed by atoms with Crippen LogP contribution in [-0.2, 0) is 0 Å². The Labute approximate surface area is 136 Å². The molecule has 0 bridgehead atoms. The highest BCUT2D eigenvalue weighted by atomic mass is 31.1. The smallest absolute Gasteiger partial charge is 0.0472 e. The lowest BCUT2D eigenvalue weighted by atomic mass is 10.1. The van der Waals surface area contributed by atoms with Crippen LogP contribution in [0.25, 0.3) is 0 Å². The van der Waals surface area contributed by atoms with Gasteiger partial charge >= 0.3 is 0 Å². The molecule has 0 heterocycles. The predicted octanol–water partition coefficient (Wildman–Crippen LogP) is 5.21. The average molecular weight is 314 g/mol. The van der Waals surface area contributed by atoms with Crippen LogP contribution in [-0.4, -0.2) is 6.04 Å². The molecule has 1 atom stereocenters. The van der Waals surface area contributed by atoms with Crippen molar-refractivity contribution in [1.29, 1.82) is 0 Å². The maximum absolute atomic E-state index is 3.75. The van der Waals surface area contributed by atoms with Crippen molar-refractivity contribution in [2.75, 3.05) is 5.32 Å². The van der Waals surface area contributed by atoms with Crippen molar-refractivity contribution < 1.29 is 0 Å². The molecule has 0 aliphatic heterocycles. The van der Waals surface area contributed by atoms with Gasteiger partial charge in [0, 0.05) is 22.7 Å². The van der Waals surface area contributed by atoms with E-state index in [1.807, 2.05) is 6.07 Å². The molecule has 2 aromatic carbocycles. The number of hydrogen-bond acceptors (Lipinski definition) is 2. The third kappa shape index (κ3) is 5.44. The summed E-state index contributed by atoms with van der Waals surface area (Å²) < 4.78 is 0. The van der Waals surface area contributed by atoms with Crippen molar-refractivity contribution in [3.05, 3.63) is 54.6 Å². The fourth-order valence-corrected chi connectivity index (χ4v) is 3.65. The van der Waals surface area contributed by atoms with Gasteiger partial charge in [0.1, 0.15) is 0 Å². The molecule has 0 radical (unpaired) electrons. The lowest BCUT2D eigenvalue weighted by molar-refractivity contribution is 0.524. The van der Waals surface area contributed by atoms with Gasteiger partial charge in [0.25, 0.3) is 0 Å². The Morgan fingerprint density at radius 1 is 0.864 bits per heavy atom. The molecule has 0 saturated carbocycles. The van der Waals surface area contributed by atoms with Gasteiger partial charge in [0.05, 0.1) is 0 Å². The lowest BCUT2D eigenvalue weighted by Crippen LogP contribution is -2.24. The second-order valence-electron chi connectivity index (χ2n) is 5.58. The molecule has 2 rings (SSSR count). The minimum Gasteiger partial charge on any atom is -0.355 e. The molecule has 0 amide bonds. The Kier molecular flexibility index (Phi) is 7.42. The Morgan fingerprint density at radius 2 is 1.50 bits per heavy atom. The van der Waals surface area contributed by atoms with Gasteiger partial charge in [-0.1, -0.05) is 63.1 Å². The number of anilines is 2. The third-order valence-corrected chi connectivity index (χ3v) is 4.92. The van der Waals surface area contributed by atoms with E-state index < -0.39 is 0 Å². The van der Waals surface area contributed by atoms with Crippen LogP contribution in [0.2, 0.25) is 0 Å². The second kappa shape index (κ2) is 9.61. The first-order chi connectivity index (χ1) is 10.8. The quantitative estimate of drug-likeness (QED) is 0.621. The van der Waals surface area contributed by atoms with Crippen LogP contribution >= 0.6 is 8.73 Å². The van der Waals surface area contributed by atoms with Crippen molar-refractivity contribution in [2.45, 2.75) is 45.6 Å². The van der Waals surface area contributed by atoms with E-state index in [2.05, 4.69) is 72.8 Å². The van der Waals surface area contributed by atoms with Gasteiger partial charge in [-0.15, -0.1) is 0 Å². The van der Waals surface area contributed by atoms with Crippen LogP contribution in [0, 0.1) is 0 Å². The van der Waals surface area contributed by atoms with Crippen molar-refractivity contribution >= 4 is 25.4 Å². The Balaban J connectivity index is 2.01. The molecule has 0 spiro atoms. The van der Waals surface area contributed by atoms with Crippen molar-refractivity contribution in [1.82, 2.24) is 5.09 Å². The van der Waals surface area contributed by atoms with Gasteiger partial charge in [0.2, 0.25) is 0 Å². The molecule has 1 unspecified atom stereocenters. The number of para-hydroxylation sites is 2. The normalized spacial score (nSPS) is 11.4. The zero-order valence-corrected chi connectivity index (χ0v) is 14.6. The van der Waals surface area contributed by atoms with Crippen molar-refractivity contribution in [2.24, 2.45) is 0 Å². The Bertz CT molecular complexity index is 536. The van der Waals surface area contributed by atoms with E-state index in [-0.39, 0.29) is 0 Å². The largest absolute Gasteiger partial charge is 0.355 e. The Morgan fingerprint density at radius 3 is 2.18 bits per heavy atom. The second-order valence-corrected chi connectivity index (χ2v) is 6.66. The SMILES string of the molecule is CCCC(CCC)NPc1ccccc1Nc1ccccc1. The maximum atomic E-state index is 3.75. The molecule has 118 valence electrons. The van der Waals surface area contributed by atoms with E-state index in [9.17, 15) is 0 Å². The van der Waals surface area contributed by atoms with Gasteiger partial charge in [-0.2, -0.15) is 0 Å². The zero-order valence-electron chi connectivity index (χ0n) is 13.6. The standard InChI is InChI=1S/C19H27N2P/c1-3-10-17(11-4-2)21-22-19-15-9-8-14-18(19)20-16-12-6-5-7-13-16/h5-9,12-15,17,20-22H,3-4,10-11H2,1-2H3. The van der Waals surface area contributed by atoms with E-state index in [0.29, 0.717) is 14.8 Å². The molecule has 2 aromatic rings. The van der Waals surface area contributed by atoms with E-state index >= 15 is 0 Å². The van der Waals surface area contributed by atoms with Crippen molar-refractivity contribution in [3.63, 3.8) is 0 Å². The van der Waals surface area contributed by atoms with Crippen LogP contribution < -0.4 is 15.7 Å². The fourth-order valence-electron chi connectivity index (χ4n) is 2.54. The summed E-state index contributed by atoms with van der Waals surface area (Å²) >= 11 is 0. The molecule has 0 saturated heterocycles. The third-order valence-electron chi connectivity index (χ3n) is 3.67. The Hall–Kier alpha value is -1.37. The molecular weight excluding hydrogens is 287 g/mol. The molecule has 0 fully saturated rings. The minimum atomic E-state index is 0.637. The molecule has 22 heavy (non-hydrogen) atoms. The molecule has 2 nitrogen and oxygen atoms in total. The molecule has 0 aromatic heterocycles. The summed E-state index contributed by atoms with van der Waals surface area (Å²) in [6, 6.07) is 19.6. The molecule has 3 heteroatoms. The predicted molar refractivity (Wildman–Crippen MR) is 101 cm³/mol. The zero-order chi connectivity index (χ0) is 15.6. The summed E-state index contributed by atoms with van der Waals surface area (Å²) in [4.78, 5) is 0. The highest BCUT2D eigenvalue weighted by Crippen LogP contribution is 2.21. The van der Waals surface area contributed by atoms with Crippen LogP contribution in [0.1, 0.15) is 39.5 Å². The van der Waals surface area contributed by atoms with E-state index in [4.69, 9.17) is 0 Å². The first kappa shape index (κ1) is 17.0. The summed E-state index contributed by atoms with van der Waals surface area (Å²) in [6.07, 6.45) is 5.00. The molecule has 0 aliphatic carbocycles. The topological polar surface area (TPSA) is 24.1 Å². The van der Waals surface area contributed by atoms with E-state index in [0.717, 1.165) is 5.69 Å². The van der Waals surface area contributed by atoms with Crippen LogP contribution in [0.5, 0.6) is 0 Å². The number of nitrogens with one attached hydrogen (secondary N) is 2. The highest BCUT2D eigenvalue weighted by Gasteiger charge is 2.08. The average Bonchev–Trinajstić information content (AvgIpc) is 2.55. The van der Waals surface area contributed by atoms with Gasteiger partial charge in [-0.3, -0.25) is 5.09 Å².